The molecule has 0 saturated heterocycles. The molecule has 166 valence electrons. The second kappa shape index (κ2) is 8.56. The van der Waals surface area contributed by atoms with Crippen LogP contribution in [-0.2, 0) is 19.1 Å². The van der Waals surface area contributed by atoms with Crippen LogP contribution in [0.2, 0.25) is 0 Å². The zero-order valence-corrected chi connectivity index (χ0v) is 16.7. The fourth-order valence-electron chi connectivity index (χ4n) is 2.80. The van der Waals surface area contributed by atoms with Crippen LogP contribution < -0.4 is 10.6 Å². The highest BCUT2D eigenvalue weighted by Crippen LogP contribution is 2.31. The number of nitrogens with zero attached hydrogens (tertiary/aromatic N) is 8. The van der Waals surface area contributed by atoms with Crippen molar-refractivity contribution in [2.75, 3.05) is 11.9 Å². The van der Waals surface area contributed by atoms with E-state index in [9.17, 15) is 18.0 Å². The summed E-state index contributed by atoms with van der Waals surface area (Å²) in [5.41, 5.74) is 0.0202. The maximum absolute atomic E-state index is 12.9. The fraction of sp³-hybridized carbons (Fsp3) is 0.278. The van der Waals surface area contributed by atoms with Gasteiger partial charge in [0.2, 0.25) is 0 Å². The maximum atomic E-state index is 12.9. The Balaban J connectivity index is 1.41. The van der Waals surface area contributed by atoms with Gasteiger partial charge in [-0.25, -0.2) is 9.78 Å². The third-order valence-corrected chi connectivity index (χ3v) is 4.36. The molecule has 32 heavy (non-hydrogen) atoms. The second-order valence-electron chi connectivity index (χ2n) is 6.65. The standard InChI is InChI=1S/C18H17F3N10O/c1-2-31-28-14(27-29-31)3-4-23-17(32)26-15-10-30-9-13(24-8-16(30)25-15)11-5-12(7-22-6-11)18(19,20)21/h5-10H,2-4H2,1H3,(H2,23,26,32). The van der Waals surface area contributed by atoms with Gasteiger partial charge in [-0.15, -0.1) is 10.2 Å². The van der Waals surface area contributed by atoms with Crippen molar-refractivity contribution in [2.45, 2.75) is 26.1 Å². The number of aryl methyl sites for hydroxylation is 1. The molecule has 0 aromatic carbocycles. The average molecular weight is 446 g/mol. The van der Waals surface area contributed by atoms with E-state index in [0.29, 0.717) is 31.0 Å². The number of carbonyl (C=O) groups is 1. The molecule has 0 aliphatic rings. The van der Waals surface area contributed by atoms with Crippen molar-refractivity contribution >= 4 is 17.5 Å². The number of rotatable bonds is 6. The molecule has 0 bridgehead atoms. The molecule has 0 aliphatic carbocycles. The minimum atomic E-state index is -4.50. The van der Waals surface area contributed by atoms with Crippen LogP contribution in [-0.4, -0.2) is 52.1 Å². The van der Waals surface area contributed by atoms with E-state index < -0.39 is 17.8 Å². The normalized spacial score (nSPS) is 11.6. The maximum Gasteiger partial charge on any atom is 0.417 e. The lowest BCUT2D eigenvalue weighted by Crippen LogP contribution is -2.30. The zero-order chi connectivity index (χ0) is 22.7. The lowest BCUT2D eigenvalue weighted by molar-refractivity contribution is -0.137. The number of hydrogen-bond donors (Lipinski definition) is 2. The van der Waals surface area contributed by atoms with Gasteiger partial charge in [-0.2, -0.15) is 18.0 Å². The number of pyridine rings is 1. The number of tetrazole rings is 1. The van der Waals surface area contributed by atoms with Gasteiger partial charge in [0.1, 0.15) is 0 Å². The summed E-state index contributed by atoms with van der Waals surface area (Å²) in [5, 5.41) is 17.1. The number of amides is 2. The average Bonchev–Trinajstić information content (AvgIpc) is 3.38. The minimum absolute atomic E-state index is 0.205. The third kappa shape index (κ3) is 4.79. The van der Waals surface area contributed by atoms with Gasteiger partial charge in [0, 0.05) is 37.1 Å². The Morgan fingerprint density at radius 3 is 2.78 bits per heavy atom. The van der Waals surface area contributed by atoms with E-state index in [2.05, 4.69) is 41.0 Å². The van der Waals surface area contributed by atoms with Gasteiger partial charge in [-0.1, -0.05) is 0 Å². The number of hydrogen-bond acceptors (Lipinski definition) is 7. The summed E-state index contributed by atoms with van der Waals surface area (Å²) in [7, 11) is 0. The summed E-state index contributed by atoms with van der Waals surface area (Å²) < 4.78 is 40.3. The molecule has 0 unspecified atom stereocenters. The molecule has 4 rings (SSSR count). The van der Waals surface area contributed by atoms with Crippen molar-refractivity contribution in [2.24, 2.45) is 0 Å². The van der Waals surface area contributed by atoms with Crippen LogP contribution in [0.25, 0.3) is 16.9 Å². The van der Waals surface area contributed by atoms with Gasteiger partial charge >= 0.3 is 12.2 Å². The van der Waals surface area contributed by atoms with Crippen molar-refractivity contribution in [3.8, 4) is 11.3 Å². The minimum Gasteiger partial charge on any atom is -0.337 e. The van der Waals surface area contributed by atoms with Crippen LogP contribution in [0.4, 0.5) is 23.8 Å². The highest BCUT2D eigenvalue weighted by Gasteiger charge is 2.31. The summed E-state index contributed by atoms with van der Waals surface area (Å²) in [6, 6.07) is 0.491. The number of anilines is 1. The van der Waals surface area contributed by atoms with Gasteiger partial charge in [0.25, 0.3) is 0 Å². The van der Waals surface area contributed by atoms with E-state index in [1.165, 1.54) is 29.6 Å². The topological polar surface area (TPSA) is 128 Å². The first-order valence-corrected chi connectivity index (χ1v) is 9.50. The number of halogens is 3. The smallest absolute Gasteiger partial charge is 0.337 e. The van der Waals surface area contributed by atoms with Crippen LogP contribution >= 0.6 is 0 Å². The van der Waals surface area contributed by atoms with Crippen molar-refractivity contribution < 1.29 is 18.0 Å². The quantitative estimate of drug-likeness (QED) is 0.465. The van der Waals surface area contributed by atoms with Crippen LogP contribution in [0.5, 0.6) is 0 Å². The molecule has 4 aromatic heterocycles. The predicted octanol–water partition coefficient (Wildman–Crippen LogP) is 2.18. The summed E-state index contributed by atoms with van der Waals surface area (Å²) in [5.74, 6) is 0.765. The molecule has 0 radical (unpaired) electrons. The summed E-state index contributed by atoms with van der Waals surface area (Å²) in [4.78, 5) is 25.6. The van der Waals surface area contributed by atoms with Gasteiger partial charge in [0.15, 0.2) is 17.3 Å². The largest absolute Gasteiger partial charge is 0.417 e. The molecule has 2 amide bonds. The molecule has 0 atom stereocenters. The first kappa shape index (κ1) is 21.1. The Morgan fingerprint density at radius 1 is 1.19 bits per heavy atom. The molecule has 0 saturated carbocycles. The van der Waals surface area contributed by atoms with Crippen LogP contribution in [0.15, 0.2) is 37.1 Å². The number of aromatic nitrogens is 8. The molecule has 4 heterocycles. The Labute approximate surface area is 178 Å². The van der Waals surface area contributed by atoms with Gasteiger partial charge < -0.3 is 9.72 Å². The summed E-state index contributed by atoms with van der Waals surface area (Å²) >= 11 is 0. The Morgan fingerprint density at radius 2 is 2.03 bits per heavy atom. The van der Waals surface area contributed by atoms with Gasteiger partial charge in [-0.05, 0) is 18.2 Å². The molecule has 4 aromatic rings. The number of nitrogens with one attached hydrogen (secondary N) is 2. The fourth-order valence-corrected chi connectivity index (χ4v) is 2.80. The van der Waals surface area contributed by atoms with Gasteiger partial charge in [0.05, 0.1) is 30.2 Å². The summed E-state index contributed by atoms with van der Waals surface area (Å²) in [6.07, 6.45) is 2.37. The monoisotopic (exact) mass is 446 g/mol. The number of carbonyl (C=O) groups excluding carboxylic acids is 1. The number of urea groups is 1. The molecule has 11 nitrogen and oxygen atoms in total. The Bertz CT molecular complexity index is 1250. The van der Waals surface area contributed by atoms with Crippen molar-refractivity contribution in [3.63, 3.8) is 0 Å². The number of alkyl halides is 3. The second-order valence-corrected chi connectivity index (χ2v) is 6.65. The van der Waals surface area contributed by atoms with Crippen molar-refractivity contribution in [3.05, 3.63) is 48.4 Å². The van der Waals surface area contributed by atoms with Crippen LogP contribution in [0.3, 0.4) is 0 Å². The lowest BCUT2D eigenvalue weighted by atomic mass is 10.1. The van der Waals surface area contributed by atoms with Crippen LogP contribution in [0.1, 0.15) is 18.3 Å². The molecule has 0 aliphatic heterocycles. The van der Waals surface area contributed by atoms with Crippen LogP contribution in [0, 0.1) is 0 Å². The van der Waals surface area contributed by atoms with E-state index in [4.69, 9.17) is 0 Å². The first-order chi connectivity index (χ1) is 15.3. The predicted molar refractivity (Wildman–Crippen MR) is 105 cm³/mol. The lowest BCUT2D eigenvalue weighted by Gasteiger charge is -2.07. The third-order valence-electron chi connectivity index (χ3n) is 4.36. The van der Waals surface area contributed by atoms with E-state index in [1.807, 2.05) is 6.92 Å². The molecular formula is C18H17F3N10O. The summed E-state index contributed by atoms with van der Waals surface area (Å²) in [6.45, 7) is 2.79. The molecule has 14 heteroatoms. The molecule has 0 fully saturated rings. The van der Waals surface area contributed by atoms with Crippen molar-refractivity contribution in [1.82, 2.24) is 44.9 Å². The molecular weight excluding hydrogens is 429 g/mol. The highest BCUT2D eigenvalue weighted by atomic mass is 19.4. The molecule has 0 spiro atoms. The van der Waals surface area contributed by atoms with E-state index >= 15 is 0 Å². The number of imidazole rings is 1. The van der Waals surface area contributed by atoms with E-state index in [0.717, 1.165) is 12.3 Å². The first-order valence-electron chi connectivity index (χ1n) is 9.50. The zero-order valence-electron chi connectivity index (χ0n) is 16.7. The van der Waals surface area contributed by atoms with Gasteiger partial charge in [-0.3, -0.25) is 15.3 Å². The van der Waals surface area contributed by atoms with E-state index in [-0.39, 0.29) is 17.1 Å². The highest BCUT2D eigenvalue weighted by molar-refractivity contribution is 5.88. The van der Waals surface area contributed by atoms with E-state index in [1.54, 1.807) is 4.40 Å². The SMILES string of the molecule is CCn1nnc(CCNC(=O)Nc2cn3cc(-c4cncc(C(F)(F)F)c4)ncc3n2)n1. The number of fused-ring (bicyclic) bond motifs is 1. The van der Waals surface area contributed by atoms with Crippen molar-refractivity contribution in [1.29, 1.82) is 0 Å². The molecule has 2 N–H and O–H groups in total. The Kier molecular flexibility index (Phi) is 5.66. The Hall–Kier alpha value is -4.10.